The van der Waals surface area contributed by atoms with Gasteiger partial charge in [-0.15, -0.1) is 0 Å². The fourth-order valence-electron chi connectivity index (χ4n) is 3.89. The maximum atomic E-state index is 13.5. The van der Waals surface area contributed by atoms with Gasteiger partial charge in [-0.05, 0) is 72.9 Å². The van der Waals surface area contributed by atoms with Gasteiger partial charge in [0.25, 0.3) is 5.91 Å². The van der Waals surface area contributed by atoms with Crippen LogP contribution in [0.15, 0.2) is 72.9 Å². The Morgan fingerprint density at radius 2 is 1.81 bits per heavy atom. The number of amides is 2. The zero-order valence-electron chi connectivity index (χ0n) is 19.4. The lowest BCUT2D eigenvalue weighted by Gasteiger charge is -2.23. The number of aromatic nitrogens is 1. The van der Waals surface area contributed by atoms with Crippen molar-refractivity contribution in [3.05, 3.63) is 90.0 Å². The highest BCUT2D eigenvalue weighted by Crippen LogP contribution is 2.28. The van der Waals surface area contributed by atoms with Crippen LogP contribution in [0.3, 0.4) is 0 Å². The summed E-state index contributed by atoms with van der Waals surface area (Å²) in [7, 11) is 1.29. The lowest BCUT2D eigenvalue weighted by Crippen LogP contribution is -2.39. The number of halogens is 1. The van der Waals surface area contributed by atoms with Gasteiger partial charge < -0.3 is 15.0 Å². The lowest BCUT2D eigenvalue weighted by molar-refractivity contribution is -0.124. The number of hydrogen-bond acceptors (Lipinski definition) is 6. The Balaban J connectivity index is 1.52. The van der Waals surface area contributed by atoms with Crippen LogP contribution in [0.4, 0.5) is 15.8 Å². The third-order valence-corrected chi connectivity index (χ3v) is 6.12. The van der Waals surface area contributed by atoms with Crippen LogP contribution in [-0.2, 0) is 20.7 Å². The summed E-state index contributed by atoms with van der Waals surface area (Å²) in [5.74, 6) is -1.69. The second kappa shape index (κ2) is 11.0. The largest absolute Gasteiger partial charge is 0.465 e. The summed E-state index contributed by atoms with van der Waals surface area (Å²) in [6.45, 7) is 0.366. The Labute approximate surface area is 212 Å². The molecule has 4 rings (SSSR count). The molecule has 1 fully saturated rings. The molecule has 0 aliphatic carbocycles. The second-order valence-electron chi connectivity index (χ2n) is 8.03. The van der Waals surface area contributed by atoms with E-state index in [0.717, 1.165) is 5.69 Å². The van der Waals surface area contributed by atoms with Crippen molar-refractivity contribution >= 4 is 46.5 Å². The standard InChI is InChI=1S/C26H23FN4O4S/c1-35-25(34)17-5-9-20(10-6-17)29-23(32)16-22-24(33)31(21-11-7-18(27)8-12-21)26(36)30(22)15-13-19-4-2-3-14-28-19/h2-12,14,22H,13,15-16H2,1H3,(H,29,32)/t22-/m0/s1. The summed E-state index contributed by atoms with van der Waals surface area (Å²) in [4.78, 5) is 45.3. The molecule has 0 unspecified atom stereocenters. The Morgan fingerprint density at radius 3 is 2.44 bits per heavy atom. The third kappa shape index (κ3) is 5.55. The Kier molecular flexibility index (Phi) is 7.65. The van der Waals surface area contributed by atoms with Crippen LogP contribution in [0, 0.1) is 5.82 Å². The van der Waals surface area contributed by atoms with Crippen molar-refractivity contribution in [1.82, 2.24) is 9.88 Å². The molecule has 2 aromatic carbocycles. The molecule has 3 aromatic rings. The van der Waals surface area contributed by atoms with Crippen LogP contribution in [-0.4, -0.2) is 52.5 Å². The molecule has 1 aromatic heterocycles. The monoisotopic (exact) mass is 506 g/mol. The van der Waals surface area contributed by atoms with Gasteiger partial charge in [0.05, 0.1) is 24.8 Å². The Bertz CT molecular complexity index is 1270. The van der Waals surface area contributed by atoms with E-state index in [0.29, 0.717) is 29.9 Å². The van der Waals surface area contributed by atoms with Gasteiger partial charge in [0.1, 0.15) is 11.9 Å². The maximum Gasteiger partial charge on any atom is 0.337 e. The van der Waals surface area contributed by atoms with Gasteiger partial charge in [-0.3, -0.25) is 19.5 Å². The summed E-state index contributed by atoms with van der Waals surface area (Å²) < 4.78 is 18.1. The second-order valence-corrected chi connectivity index (χ2v) is 8.40. The lowest BCUT2D eigenvalue weighted by atomic mass is 10.1. The third-order valence-electron chi connectivity index (χ3n) is 5.71. The van der Waals surface area contributed by atoms with Crippen LogP contribution >= 0.6 is 12.2 Å². The molecule has 1 atom stereocenters. The van der Waals surface area contributed by atoms with Gasteiger partial charge in [-0.25, -0.2) is 9.18 Å². The molecule has 1 aliphatic heterocycles. The topological polar surface area (TPSA) is 91.8 Å². The van der Waals surface area contributed by atoms with Crippen molar-refractivity contribution in [2.75, 3.05) is 23.9 Å². The number of rotatable bonds is 8. The number of benzene rings is 2. The number of esters is 1. The number of nitrogens with zero attached hydrogens (tertiary/aromatic N) is 3. The van der Waals surface area contributed by atoms with Crippen LogP contribution in [0.5, 0.6) is 0 Å². The number of nitrogens with one attached hydrogen (secondary N) is 1. The SMILES string of the molecule is COC(=O)c1ccc(NC(=O)C[C@H]2C(=O)N(c3ccc(F)cc3)C(=S)N2CCc2ccccn2)cc1. The number of pyridine rings is 1. The minimum absolute atomic E-state index is 0.155. The normalized spacial score (nSPS) is 15.2. The summed E-state index contributed by atoms with van der Waals surface area (Å²) in [6, 6.07) is 16.4. The minimum atomic E-state index is -0.847. The highest BCUT2D eigenvalue weighted by Gasteiger charge is 2.44. The molecule has 1 N–H and O–H groups in total. The van der Waals surface area contributed by atoms with E-state index in [1.54, 1.807) is 23.2 Å². The number of anilines is 2. The number of methoxy groups -OCH3 is 1. The van der Waals surface area contributed by atoms with Crippen molar-refractivity contribution in [2.24, 2.45) is 0 Å². The van der Waals surface area contributed by atoms with Gasteiger partial charge in [-0.2, -0.15) is 0 Å². The maximum absolute atomic E-state index is 13.5. The first-order valence-corrected chi connectivity index (χ1v) is 11.6. The first-order valence-electron chi connectivity index (χ1n) is 11.2. The summed E-state index contributed by atoms with van der Waals surface area (Å²) in [6.07, 6.45) is 2.04. The number of hydrogen-bond donors (Lipinski definition) is 1. The number of carbonyl (C=O) groups is 3. The molecule has 0 radical (unpaired) electrons. The molecule has 1 saturated heterocycles. The van der Waals surface area contributed by atoms with E-state index in [4.69, 9.17) is 12.2 Å². The van der Waals surface area contributed by atoms with Crippen LogP contribution in [0.25, 0.3) is 0 Å². The average Bonchev–Trinajstić information content (AvgIpc) is 3.12. The molecule has 10 heteroatoms. The smallest absolute Gasteiger partial charge is 0.337 e. The van der Waals surface area contributed by atoms with Crippen molar-refractivity contribution in [1.29, 1.82) is 0 Å². The quantitative estimate of drug-likeness (QED) is 0.369. The van der Waals surface area contributed by atoms with E-state index in [2.05, 4.69) is 15.0 Å². The predicted molar refractivity (Wildman–Crippen MR) is 136 cm³/mol. The van der Waals surface area contributed by atoms with E-state index < -0.39 is 23.7 Å². The number of carbonyl (C=O) groups excluding carboxylic acids is 3. The molecule has 0 spiro atoms. The summed E-state index contributed by atoms with van der Waals surface area (Å²) in [5.41, 5.74) is 2.07. The number of thiocarbonyl (C=S) groups is 1. The van der Waals surface area contributed by atoms with E-state index in [-0.39, 0.29) is 17.4 Å². The summed E-state index contributed by atoms with van der Waals surface area (Å²) >= 11 is 5.62. The zero-order valence-corrected chi connectivity index (χ0v) is 20.2. The highest BCUT2D eigenvalue weighted by molar-refractivity contribution is 7.80. The van der Waals surface area contributed by atoms with E-state index in [1.165, 1.54) is 48.4 Å². The average molecular weight is 507 g/mol. The van der Waals surface area contributed by atoms with Gasteiger partial charge in [0, 0.05) is 30.5 Å². The van der Waals surface area contributed by atoms with Crippen LogP contribution in [0.1, 0.15) is 22.5 Å². The van der Waals surface area contributed by atoms with Crippen molar-refractivity contribution < 1.29 is 23.5 Å². The van der Waals surface area contributed by atoms with E-state index in [9.17, 15) is 18.8 Å². The molecule has 0 saturated carbocycles. The Hall–Kier alpha value is -4.18. The van der Waals surface area contributed by atoms with Gasteiger partial charge in [-0.1, -0.05) is 6.07 Å². The first-order chi connectivity index (χ1) is 17.4. The molecular weight excluding hydrogens is 483 g/mol. The molecule has 0 bridgehead atoms. The van der Waals surface area contributed by atoms with Crippen LogP contribution < -0.4 is 10.2 Å². The fraction of sp³-hybridized carbons (Fsp3) is 0.192. The van der Waals surface area contributed by atoms with Gasteiger partial charge >= 0.3 is 5.97 Å². The van der Waals surface area contributed by atoms with Crippen LogP contribution in [0.2, 0.25) is 0 Å². The zero-order chi connectivity index (χ0) is 25.7. The summed E-state index contributed by atoms with van der Waals surface area (Å²) in [5, 5.41) is 2.99. The minimum Gasteiger partial charge on any atom is -0.465 e. The van der Waals surface area contributed by atoms with E-state index in [1.807, 2.05) is 18.2 Å². The first kappa shape index (κ1) is 24.9. The molecule has 2 amide bonds. The number of ether oxygens (including phenoxy) is 1. The molecule has 184 valence electrons. The highest BCUT2D eigenvalue weighted by atomic mass is 32.1. The van der Waals surface area contributed by atoms with Crippen molar-refractivity contribution in [2.45, 2.75) is 18.9 Å². The van der Waals surface area contributed by atoms with Crippen molar-refractivity contribution in [3.63, 3.8) is 0 Å². The predicted octanol–water partition coefficient (Wildman–Crippen LogP) is 3.58. The molecule has 1 aliphatic rings. The van der Waals surface area contributed by atoms with E-state index >= 15 is 0 Å². The molecule has 8 nitrogen and oxygen atoms in total. The van der Waals surface area contributed by atoms with Gasteiger partial charge in [0.2, 0.25) is 5.91 Å². The van der Waals surface area contributed by atoms with Crippen molar-refractivity contribution in [3.8, 4) is 0 Å². The molecular formula is C26H23FN4O4S. The Morgan fingerprint density at radius 1 is 1.08 bits per heavy atom. The molecule has 2 heterocycles. The van der Waals surface area contributed by atoms with Gasteiger partial charge in [0.15, 0.2) is 5.11 Å². The fourth-order valence-corrected chi connectivity index (χ4v) is 4.31. The molecule has 36 heavy (non-hydrogen) atoms.